The standard InChI is InChI=1S/C28H35NO2/c1-20-7-6-10-25(15-20)27(23-13-14-23)31-19-26(30)18-29-28(2,3)17-21-11-12-22-8-4-5-9-24(22)16-21/h4-12,15-16,23,26-27,29-30H,13-14,17-19H2,1-3H3/t26-,27?/m1/s1. The van der Waals surface area contributed by atoms with E-state index in [1.165, 1.54) is 40.3 Å². The van der Waals surface area contributed by atoms with Crippen LogP contribution in [0.15, 0.2) is 66.7 Å². The van der Waals surface area contributed by atoms with Crippen molar-refractivity contribution in [1.29, 1.82) is 0 Å². The third-order valence-electron chi connectivity index (χ3n) is 6.17. The van der Waals surface area contributed by atoms with Gasteiger partial charge in [0.15, 0.2) is 0 Å². The molecule has 3 aromatic carbocycles. The number of β-amino-alcohol motifs (C(OH)–C–C–N with tert-alkyl or cyclic N) is 1. The van der Waals surface area contributed by atoms with E-state index in [2.05, 4.69) is 92.8 Å². The SMILES string of the molecule is Cc1cccc(C(OC[C@H](O)CNC(C)(C)Cc2ccc3ccccc3c2)C2CC2)c1. The second-order valence-corrected chi connectivity index (χ2v) is 9.78. The smallest absolute Gasteiger partial charge is 0.0898 e. The number of hydrogen-bond acceptors (Lipinski definition) is 3. The molecule has 2 N–H and O–H groups in total. The molecule has 31 heavy (non-hydrogen) atoms. The monoisotopic (exact) mass is 417 g/mol. The lowest BCUT2D eigenvalue weighted by molar-refractivity contribution is -0.0211. The van der Waals surface area contributed by atoms with Gasteiger partial charge in [-0.25, -0.2) is 0 Å². The number of aryl methyl sites for hydroxylation is 1. The molecule has 0 aliphatic heterocycles. The van der Waals surface area contributed by atoms with E-state index >= 15 is 0 Å². The minimum absolute atomic E-state index is 0.0974. The zero-order valence-electron chi connectivity index (χ0n) is 19.0. The van der Waals surface area contributed by atoms with Crippen LogP contribution in [0.4, 0.5) is 0 Å². The first-order valence-electron chi connectivity index (χ1n) is 11.5. The summed E-state index contributed by atoms with van der Waals surface area (Å²) in [5, 5.41) is 16.7. The highest BCUT2D eigenvalue weighted by Crippen LogP contribution is 2.43. The molecular formula is C28H35NO2. The van der Waals surface area contributed by atoms with Gasteiger partial charge in [-0.15, -0.1) is 0 Å². The number of benzene rings is 3. The van der Waals surface area contributed by atoms with Crippen LogP contribution in [0.1, 0.15) is 49.5 Å². The molecule has 3 nitrogen and oxygen atoms in total. The third kappa shape index (κ3) is 6.16. The Hall–Kier alpha value is -2.20. The quantitative estimate of drug-likeness (QED) is 0.452. The lowest BCUT2D eigenvalue weighted by atomic mass is 9.93. The van der Waals surface area contributed by atoms with Crippen molar-refractivity contribution in [3.63, 3.8) is 0 Å². The Labute approximate surface area is 186 Å². The summed E-state index contributed by atoms with van der Waals surface area (Å²) in [5.41, 5.74) is 3.68. The zero-order valence-corrected chi connectivity index (χ0v) is 19.0. The summed E-state index contributed by atoms with van der Waals surface area (Å²) in [7, 11) is 0. The molecule has 0 saturated heterocycles. The average molecular weight is 418 g/mol. The van der Waals surface area contributed by atoms with Crippen molar-refractivity contribution in [3.8, 4) is 0 Å². The number of nitrogens with one attached hydrogen (secondary N) is 1. The topological polar surface area (TPSA) is 41.5 Å². The summed E-state index contributed by atoms with van der Waals surface area (Å²) in [4.78, 5) is 0. The Bertz CT molecular complexity index is 1010. The van der Waals surface area contributed by atoms with Crippen LogP contribution in [-0.4, -0.2) is 29.9 Å². The van der Waals surface area contributed by atoms with Crippen molar-refractivity contribution in [3.05, 3.63) is 83.4 Å². The second-order valence-electron chi connectivity index (χ2n) is 9.78. The minimum Gasteiger partial charge on any atom is -0.389 e. The fourth-order valence-electron chi connectivity index (χ4n) is 4.34. The molecule has 0 amide bonds. The molecule has 164 valence electrons. The highest BCUT2D eigenvalue weighted by Gasteiger charge is 2.33. The molecule has 1 aliphatic carbocycles. The summed E-state index contributed by atoms with van der Waals surface area (Å²) in [6.07, 6.45) is 2.90. The van der Waals surface area contributed by atoms with E-state index < -0.39 is 6.10 Å². The van der Waals surface area contributed by atoms with Gasteiger partial charge in [-0.2, -0.15) is 0 Å². The van der Waals surface area contributed by atoms with E-state index in [1.54, 1.807) is 0 Å². The normalized spacial score (nSPS) is 16.4. The molecule has 2 atom stereocenters. The first kappa shape index (κ1) is 22.0. The summed E-state index contributed by atoms with van der Waals surface area (Å²) in [6.45, 7) is 7.37. The van der Waals surface area contributed by atoms with Gasteiger partial charge in [0.25, 0.3) is 0 Å². The predicted molar refractivity (Wildman–Crippen MR) is 128 cm³/mol. The van der Waals surface area contributed by atoms with Crippen LogP contribution in [0, 0.1) is 12.8 Å². The van der Waals surface area contributed by atoms with Gasteiger partial charge in [0, 0.05) is 12.1 Å². The van der Waals surface area contributed by atoms with Crippen LogP contribution in [0.25, 0.3) is 10.8 Å². The van der Waals surface area contributed by atoms with Gasteiger partial charge < -0.3 is 15.2 Å². The van der Waals surface area contributed by atoms with Crippen LogP contribution < -0.4 is 5.32 Å². The maximum absolute atomic E-state index is 10.6. The summed E-state index contributed by atoms with van der Waals surface area (Å²) in [5.74, 6) is 0.589. The number of fused-ring (bicyclic) bond motifs is 1. The molecule has 3 aromatic rings. The highest BCUT2D eigenvalue weighted by atomic mass is 16.5. The maximum atomic E-state index is 10.6. The first-order chi connectivity index (χ1) is 14.9. The van der Waals surface area contributed by atoms with Gasteiger partial charge in [0.05, 0.1) is 18.8 Å². The first-order valence-corrected chi connectivity index (χ1v) is 11.5. The Morgan fingerprint density at radius 2 is 1.77 bits per heavy atom. The lowest BCUT2D eigenvalue weighted by Gasteiger charge is -2.29. The Kier molecular flexibility index (Phi) is 6.76. The molecule has 3 heteroatoms. The Morgan fingerprint density at radius 3 is 2.52 bits per heavy atom. The fourth-order valence-corrected chi connectivity index (χ4v) is 4.34. The zero-order chi connectivity index (χ0) is 21.8. The van der Waals surface area contributed by atoms with Gasteiger partial charge in [-0.1, -0.05) is 72.3 Å². The lowest BCUT2D eigenvalue weighted by Crippen LogP contribution is -2.46. The Balaban J connectivity index is 1.29. The number of ether oxygens (including phenoxy) is 1. The number of hydrogen-bond donors (Lipinski definition) is 2. The van der Waals surface area contributed by atoms with Crippen molar-refractivity contribution in [2.75, 3.05) is 13.2 Å². The summed E-state index contributed by atoms with van der Waals surface area (Å²) >= 11 is 0. The molecule has 1 aliphatic rings. The van der Waals surface area contributed by atoms with Gasteiger partial charge in [0.2, 0.25) is 0 Å². The molecule has 1 fully saturated rings. The average Bonchev–Trinajstić information content (AvgIpc) is 3.57. The van der Waals surface area contributed by atoms with Crippen LogP contribution in [-0.2, 0) is 11.2 Å². The van der Waals surface area contributed by atoms with Gasteiger partial charge >= 0.3 is 0 Å². The van der Waals surface area contributed by atoms with Gasteiger partial charge in [-0.05, 0) is 67.9 Å². The molecule has 1 saturated carbocycles. The molecule has 0 heterocycles. The van der Waals surface area contributed by atoms with Crippen molar-refractivity contribution in [1.82, 2.24) is 5.32 Å². The predicted octanol–water partition coefficient (Wildman–Crippen LogP) is 5.59. The molecule has 0 radical (unpaired) electrons. The van der Waals surface area contributed by atoms with E-state index in [0.29, 0.717) is 19.1 Å². The van der Waals surface area contributed by atoms with Gasteiger partial charge in [0.1, 0.15) is 0 Å². The largest absolute Gasteiger partial charge is 0.389 e. The number of aliphatic hydroxyl groups excluding tert-OH is 1. The third-order valence-corrected chi connectivity index (χ3v) is 6.17. The summed E-state index contributed by atoms with van der Waals surface area (Å²) < 4.78 is 6.21. The molecule has 0 aromatic heterocycles. The minimum atomic E-state index is -0.526. The van der Waals surface area contributed by atoms with E-state index in [9.17, 15) is 5.11 Å². The fraction of sp³-hybridized carbons (Fsp3) is 0.429. The van der Waals surface area contributed by atoms with E-state index in [0.717, 1.165) is 6.42 Å². The molecule has 4 rings (SSSR count). The van der Waals surface area contributed by atoms with Crippen molar-refractivity contribution < 1.29 is 9.84 Å². The van der Waals surface area contributed by atoms with Crippen molar-refractivity contribution in [2.24, 2.45) is 5.92 Å². The van der Waals surface area contributed by atoms with Gasteiger partial charge in [-0.3, -0.25) is 0 Å². The Morgan fingerprint density at radius 1 is 1.00 bits per heavy atom. The molecule has 1 unspecified atom stereocenters. The molecule has 0 bridgehead atoms. The number of aliphatic hydroxyl groups is 1. The maximum Gasteiger partial charge on any atom is 0.0898 e. The van der Waals surface area contributed by atoms with Crippen LogP contribution in [0.2, 0.25) is 0 Å². The van der Waals surface area contributed by atoms with E-state index in [4.69, 9.17) is 4.74 Å². The van der Waals surface area contributed by atoms with Crippen LogP contribution in [0.5, 0.6) is 0 Å². The second kappa shape index (κ2) is 9.52. The van der Waals surface area contributed by atoms with E-state index in [-0.39, 0.29) is 11.6 Å². The molecular weight excluding hydrogens is 382 g/mol. The van der Waals surface area contributed by atoms with Crippen LogP contribution >= 0.6 is 0 Å². The van der Waals surface area contributed by atoms with Crippen LogP contribution in [0.3, 0.4) is 0 Å². The van der Waals surface area contributed by atoms with Crippen molar-refractivity contribution in [2.45, 2.75) is 57.8 Å². The summed E-state index contributed by atoms with van der Waals surface area (Å²) in [6, 6.07) is 23.7. The molecule has 0 spiro atoms. The highest BCUT2D eigenvalue weighted by molar-refractivity contribution is 5.83. The van der Waals surface area contributed by atoms with E-state index in [1.807, 2.05) is 0 Å². The van der Waals surface area contributed by atoms with Crippen molar-refractivity contribution >= 4 is 10.8 Å². The number of rotatable bonds is 10.